The fourth-order valence-electron chi connectivity index (χ4n) is 2.53. The molecule has 0 saturated heterocycles. The summed E-state index contributed by atoms with van der Waals surface area (Å²) in [5.74, 6) is 0. The summed E-state index contributed by atoms with van der Waals surface area (Å²) < 4.78 is 2.11. The highest BCUT2D eigenvalue weighted by Gasteiger charge is 2.17. The number of rotatable bonds is 0. The summed E-state index contributed by atoms with van der Waals surface area (Å²) in [6, 6.07) is 6.09. The third-order valence-corrected chi connectivity index (χ3v) is 3.64. The van der Waals surface area contributed by atoms with E-state index in [0.717, 1.165) is 33.4 Å². The zero-order valence-electron chi connectivity index (χ0n) is 8.96. The molecule has 3 aromatic rings. The SMILES string of the molecule is Sc1cccc2c1c1c(c3cncn32)CC=N1. The monoisotopic (exact) mass is 239 g/mol. The molecule has 82 valence electrons. The predicted molar refractivity (Wildman–Crippen MR) is 71.8 cm³/mol. The molecule has 1 aliphatic rings. The molecule has 0 radical (unpaired) electrons. The first kappa shape index (κ1) is 9.24. The van der Waals surface area contributed by atoms with Crippen molar-refractivity contribution < 1.29 is 0 Å². The number of hydrogen-bond acceptors (Lipinski definition) is 3. The summed E-state index contributed by atoms with van der Waals surface area (Å²) in [5, 5.41) is 1.12. The third-order valence-electron chi connectivity index (χ3n) is 3.27. The van der Waals surface area contributed by atoms with Crippen LogP contribution in [-0.4, -0.2) is 15.6 Å². The maximum atomic E-state index is 4.55. The van der Waals surface area contributed by atoms with Crippen molar-refractivity contribution in [2.45, 2.75) is 11.3 Å². The molecular formula is C13H9N3S. The molecule has 2 aromatic heterocycles. The lowest BCUT2D eigenvalue weighted by molar-refractivity contribution is 1.19. The van der Waals surface area contributed by atoms with Crippen LogP contribution in [0.3, 0.4) is 0 Å². The van der Waals surface area contributed by atoms with E-state index in [1.54, 1.807) is 0 Å². The van der Waals surface area contributed by atoms with Crippen molar-refractivity contribution >= 4 is 41.0 Å². The van der Waals surface area contributed by atoms with Crippen molar-refractivity contribution in [3.63, 3.8) is 0 Å². The summed E-state index contributed by atoms with van der Waals surface area (Å²) >= 11 is 4.55. The van der Waals surface area contributed by atoms with E-state index in [1.807, 2.05) is 30.9 Å². The Hall–Kier alpha value is -1.81. The molecule has 0 atom stereocenters. The molecule has 0 spiro atoms. The van der Waals surface area contributed by atoms with Gasteiger partial charge in [-0.1, -0.05) is 6.07 Å². The lowest BCUT2D eigenvalue weighted by atomic mass is 10.1. The zero-order chi connectivity index (χ0) is 11.4. The van der Waals surface area contributed by atoms with Crippen LogP contribution in [0.5, 0.6) is 0 Å². The van der Waals surface area contributed by atoms with Crippen molar-refractivity contribution in [2.24, 2.45) is 4.99 Å². The number of aliphatic imine (C=N–C) groups is 1. The molecular weight excluding hydrogens is 230 g/mol. The molecule has 4 heteroatoms. The Bertz CT molecular complexity index is 786. The molecule has 3 nitrogen and oxygen atoms in total. The Kier molecular flexibility index (Phi) is 1.69. The van der Waals surface area contributed by atoms with Crippen LogP contribution in [0.4, 0.5) is 5.69 Å². The Balaban J connectivity index is 2.40. The molecule has 1 aliphatic heterocycles. The van der Waals surface area contributed by atoms with Crippen LogP contribution in [0.2, 0.25) is 0 Å². The molecule has 17 heavy (non-hydrogen) atoms. The Morgan fingerprint density at radius 1 is 1.24 bits per heavy atom. The lowest BCUT2D eigenvalue weighted by Gasteiger charge is -2.10. The van der Waals surface area contributed by atoms with Crippen molar-refractivity contribution in [3.8, 4) is 0 Å². The van der Waals surface area contributed by atoms with E-state index >= 15 is 0 Å². The summed E-state index contributed by atoms with van der Waals surface area (Å²) in [6.45, 7) is 0. The highest BCUT2D eigenvalue weighted by molar-refractivity contribution is 7.80. The summed E-state index contributed by atoms with van der Waals surface area (Å²) in [6.07, 6.45) is 6.58. The largest absolute Gasteiger partial charge is 0.298 e. The van der Waals surface area contributed by atoms with Crippen LogP contribution in [0, 0.1) is 0 Å². The molecule has 0 N–H and O–H groups in total. The second-order valence-corrected chi connectivity index (χ2v) is 4.64. The first-order chi connectivity index (χ1) is 8.36. The number of benzene rings is 1. The summed E-state index contributed by atoms with van der Waals surface area (Å²) in [5.41, 5.74) is 4.56. The molecule has 4 rings (SSSR count). The van der Waals surface area contributed by atoms with Gasteiger partial charge in [-0.25, -0.2) is 4.98 Å². The highest BCUT2D eigenvalue weighted by atomic mass is 32.1. The van der Waals surface area contributed by atoms with Gasteiger partial charge in [0.15, 0.2) is 0 Å². The van der Waals surface area contributed by atoms with E-state index in [0.29, 0.717) is 0 Å². The first-order valence-corrected chi connectivity index (χ1v) is 5.92. The number of nitrogens with zero attached hydrogens (tertiary/aromatic N) is 3. The van der Waals surface area contributed by atoms with Gasteiger partial charge in [0, 0.05) is 28.5 Å². The highest BCUT2D eigenvalue weighted by Crippen LogP contribution is 2.39. The van der Waals surface area contributed by atoms with Gasteiger partial charge >= 0.3 is 0 Å². The fourth-order valence-corrected chi connectivity index (χ4v) is 2.83. The van der Waals surface area contributed by atoms with Gasteiger partial charge in [-0.15, -0.1) is 12.6 Å². The van der Waals surface area contributed by atoms with Gasteiger partial charge in [0.2, 0.25) is 0 Å². The lowest BCUT2D eigenvalue weighted by Crippen LogP contribution is -1.92. The third kappa shape index (κ3) is 1.08. The van der Waals surface area contributed by atoms with Crippen molar-refractivity contribution in [3.05, 3.63) is 36.3 Å². The maximum Gasteiger partial charge on any atom is 0.0997 e. The number of fused-ring (bicyclic) bond motifs is 6. The van der Waals surface area contributed by atoms with Crippen LogP contribution in [0.1, 0.15) is 5.56 Å². The van der Waals surface area contributed by atoms with Crippen molar-refractivity contribution in [2.75, 3.05) is 0 Å². The normalized spacial score (nSPS) is 13.7. The molecule has 3 heterocycles. The molecule has 0 amide bonds. The number of pyridine rings is 1. The second kappa shape index (κ2) is 3.11. The van der Waals surface area contributed by atoms with Crippen LogP contribution in [0.25, 0.3) is 16.4 Å². The number of imidazole rings is 1. The molecule has 0 fully saturated rings. The summed E-state index contributed by atoms with van der Waals surface area (Å²) in [4.78, 5) is 9.71. The van der Waals surface area contributed by atoms with E-state index in [2.05, 4.69) is 33.1 Å². The number of hydrogen-bond donors (Lipinski definition) is 1. The zero-order valence-corrected chi connectivity index (χ0v) is 9.85. The van der Waals surface area contributed by atoms with Gasteiger partial charge < -0.3 is 0 Å². The van der Waals surface area contributed by atoms with Crippen LogP contribution >= 0.6 is 12.6 Å². The van der Waals surface area contributed by atoms with Crippen LogP contribution in [0.15, 0.2) is 40.6 Å². The van der Waals surface area contributed by atoms with Crippen LogP contribution in [-0.2, 0) is 6.42 Å². The minimum absolute atomic E-state index is 0.878. The van der Waals surface area contributed by atoms with Crippen molar-refractivity contribution in [1.82, 2.24) is 9.38 Å². The number of aromatic nitrogens is 2. The average molecular weight is 239 g/mol. The van der Waals surface area contributed by atoms with Crippen molar-refractivity contribution in [1.29, 1.82) is 0 Å². The predicted octanol–water partition coefficient (Wildman–Crippen LogP) is 3.03. The quantitative estimate of drug-likeness (QED) is 0.600. The number of thiol groups is 1. The molecule has 0 unspecified atom stereocenters. The van der Waals surface area contributed by atoms with Gasteiger partial charge in [0.05, 0.1) is 29.2 Å². The van der Waals surface area contributed by atoms with Gasteiger partial charge in [-0.2, -0.15) is 0 Å². The summed E-state index contributed by atoms with van der Waals surface area (Å²) in [7, 11) is 0. The van der Waals surface area contributed by atoms with Crippen LogP contribution < -0.4 is 0 Å². The Labute approximate surface area is 103 Å². The average Bonchev–Trinajstić information content (AvgIpc) is 2.97. The van der Waals surface area contributed by atoms with E-state index in [1.165, 1.54) is 5.56 Å². The first-order valence-electron chi connectivity index (χ1n) is 5.47. The maximum absolute atomic E-state index is 4.55. The topological polar surface area (TPSA) is 29.7 Å². The molecule has 0 saturated carbocycles. The Morgan fingerprint density at radius 2 is 2.18 bits per heavy atom. The molecule has 1 aromatic carbocycles. The van der Waals surface area contributed by atoms with E-state index in [-0.39, 0.29) is 0 Å². The van der Waals surface area contributed by atoms with E-state index in [4.69, 9.17) is 0 Å². The van der Waals surface area contributed by atoms with Gasteiger partial charge in [0.1, 0.15) is 0 Å². The van der Waals surface area contributed by atoms with Gasteiger partial charge in [0.25, 0.3) is 0 Å². The fraction of sp³-hybridized carbons (Fsp3) is 0.0769. The van der Waals surface area contributed by atoms with Gasteiger partial charge in [-0.05, 0) is 12.1 Å². The van der Waals surface area contributed by atoms with E-state index in [9.17, 15) is 0 Å². The Morgan fingerprint density at radius 3 is 3.12 bits per heavy atom. The van der Waals surface area contributed by atoms with E-state index < -0.39 is 0 Å². The minimum Gasteiger partial charge on any atom is -0.298 e. The second-order valence-electron chi connectivity index (χ2n) is 4.16. The molecule has 0 aliphatic carbocycles. The van der Waals surface area contributed by atoms with Gasteiger partial charge in [-0.3, -0.25) is 9.39 Å². The standard InChI is InChI=1S/C13H9N3S/c17-11-3-1-2-9-12(11)13-8(4-5-15-13)10-6-14-7-16(9)10/h1-3,5-7,17H,4H2. The molecule has 0 bridgehead atoms. The smallest absolute Gasteiger partial charge is 0.0997 e. The minimum atomic E-state index is 0.878.